The summed E-state index contributed by atoms with van der Waals surface area (Å²) in [5.41, 5.74) is 7.45. The van der Waals surface area contributed by atoms with Crippen LogP contribution in [0, 0.1) is 11.8 Å². The lowest BCUT2D eigenvalue weighted by Gasteiger charge is -2.36. The van der Waals surface area contributed by atoms with Crippen LogP contribution in [0.3, 0.4) is 0 Å². The molecule has 1 aliphatic carbocycles. The molecule has 0 spiro atoms. The Morgan fingerprint density at radius 1 is 1.16 bits per heavy atom. The molecule has 0 amide bonds. The maximum absolute atomic E-state index is 6.25. The minimum absolute atomic E-state index is 0.333. The number of likely N-dealkylation sites (tertiary alicyclic amines) is 1. The summed E-state index contributed by atoms with van der Waals surface area (Å²) in [4.78, 5) is 2.49. The van der Waals surface area contributed by atoms with Crippen molar-refractivity contribution in [2.45, 2.75) is 38.3 Å². The van der Waals surface area contributed by atoms with Gasteiger partial charge in [-0.1, -0.05) is 42.6 Å². The summed E-state index contributed by atoms with van der Waals surface area (Å²) in [5.74, 6) is 1.79. The number of nitrogens with two attached hydrogens (primary N) is 1. The van der Waals surface area contributed by atoms with Crippen LogP contribution in [0.5, 0.6) is 0 Å². The number of hydrogen-bond donors (Lipinski definition) is 1. The normalized spacial score (nSPS) is 28.5. The summed E-state index contributed by atoms with van der Waals surface area (Å²) in [6, 6.07) is 8.48. The zero-order chi connectivity index (χ0) is 13.2. The first-order valence-electron chi connectivity index (χ1n) is 7.42. The van der Waals surface area contributed by atoms with Crippen LogP contribution < -0.4 is 5.73 Å². The highest BCUT2D eigenvalue weighted by Crippen LogP contribution is 2.37. The van der Waals surface area contributed by atoms with Gasteiger partial charge in [-0.05, 0) is 36.3 Å². The number of halogens is 1. The summed E-state index contributed by atoms with van der Waals surface area (Å²) < 4.78 is 0. The van der Waals surface area contributed by atoms with Gasteiger partial charge in [0.25, 0.3) is 0 Å². The van der Waals surface area contributed by atoms with Crippen LogP contribution in [0.15, 0.2) is 24.3 Å². The van der Waals surface area contributed by atoms with E-state index in [4.69, 9.17) is 17.3 Å². The van der Waals surface area contributed by atoms with Gasteiger partial charge >= 0.3 is 0 Å². The number of benzene rings is 1. The third-order valence-corrected chi connectivity index (χ3v) is 4.73. The first kappa shape index (κ1) is 13.4. The van der Waals surface area contributed by atoms with Crippen LogP contribution in [0.25, 0.3) is 0 Å². The highest BCUT2D eigenvalue weighted by molar-refractivity contribution is 6.31. The van der Waals surface area contributed by atoms with Crippen LogP contribution in [0.1, 0.15) is 31.2 Å². The highest BCUT2D eigenvalue weighted by atomic mass is 35.5. The Balaban J connectivity index is 1.61. The van der Waals surface area contributed by atoms with Gasteiger partial charge < -0.3 is 5.73 Å². The molecule has 2 atom stereocenters. The summed E-state index contributed by atoms with van der Waals surface area (Å²) >= 11 is 6.25. The zero-order valence-electron chi connectivity index (χ0n) is 11.4. The molecule has 1 aliphatic heterocycles. The fraction of sp³-hybridized carbons (Fsp3) is 0.625. The van der Waals surface area contributed by atoms with E-state index < -0.39 is 0 Å². The lowest BCUT2D eigenvalue weighted by molar-refractivity contribution is 0.141. The third kappa shape index (κ3) is 3.71. The van der Waals surface area contributed by atoms with Crippen molar-refractivity contribution in [2.24, 2.45) is 17.6 Å². The topological polar surface area (TPSA) is 29.3 Å². The van der Waals surface area contributed by atoms with E-state index in [2.05, 4.69) is 17.0 Å². The van der Waals surface area contributed by atoms with E-state index in [1.165, 1.54) is 37.8 Å². The summed E-state index contributed by atoms with van der Waals surface area (Å²) in [6.45, 7) is 3.14. The standard InChI is InChI=1S/C16H23ClN2/c17-16-4-2-1-3-14(16)10-19-9-13(7-12-5-6-12)8-15(18)11-19/h1-4,12-13,15H,5-11,18H2. The molecule has 1 heterocycles. The van der Waals surface area contributed by atoms with E-state index in [1.54, 1.807) is 0 Å². The number of rotatable bonds is 4. The van der Waals surface area contributed by atoms with Gasteiger partial charge in [-0.15, -0.1) is 0 Å². The van der Waals surface area contributed by atoms with Gasteiger partial charge in [0.2, 0.25) is 0 Å². The summed E-state index contributed by atoms with van der Waals surface area (Å²) in [6.07, 6.45) is 5.47. The van der Waals surface area contributed by atoms with Crippen molar-refractivity contribution < 1.29 is 0 Å². The van der Waals surface area contributed by atoms with Crippen LogP contribution >= 0.6 is 11.6 Å². The van der Waals surface area contributed by atoms with E-state index in [0.29, 0.717) is 6.04 Å². The predicted molar refractivity (Wildman–Crippen MR) is 80.2 cm³/mol. The minimum Gasteiger partial charge on any atom is -0.327 e. The first-order chi connectivity index (χ1) is 9.20. The largest absolute Gasteiger partial charge is 0.327 e. The van der Waals surface area contributed by atoms with Crippen molar-refractivity contribution in [3.63, 3.8) is 0 Å². The Labute approximate surface area is 120 Å². The monoisotopic (exact) mass is 278 g/mol. The van der Waals surface area contributed by atoms with E-state index in [9.17, 15) is 0 Å². The molecule has 104 valence electrons. The quantitative estimate of drug-likeness (QED) is 0.916. The smallest absolute Gasteiger partial charge is 0.0451 e. The van der Waals surface area contributed by atoms with Crippen molar-refractivity contribution in [1.82, 2.24) is 4.90 Å². The fourth-order valence-electron chi connectivity index (χ4n) is 3.34. The van der Waals surface area contributed by atoms with Crippen molar-refractivity contribution in [2.75, 3.05) is 13.1 Å². The van der Waals surface area contributed by atoms with Crippen LogP contribution in [0.4, 0.5) is 0 Å². The molecular weight excluding hydrogens is 256 g/mol. The first-order valence-corrected chi connectivity index (χ1v) is 7.80. The number of nitrogens with zero attached hydrogens (tertiary/aromatic N) is 1. The molecule has 1 saturated heterocycles. The fourth-order valence-corrected chi connectivity index (χ4v) is 3.54. The SMILES string of the molecule is NC1CC(CC2CC2)CN(Cc2ccccc2Cl)C1. The molecule has 1 aromatic carbocycles. The van der Waals surface area contributed by atoms with Gasteiger partial charge in [0.15, 0.2) is 0 Å². The van der Waals surface area contributed by atoms with Gasteiger partial charge in [-0.2, -0.15) is 0 Å². The van der Waals surface area contributed by atoms with Crippen LogP contribution in [0.2, 0.25) is 5.02 Å². The van der Waals surface area contributed by atoms with Gasteiger partial charge in [0, 0.05) is 30.7 Å². The molecule has 2 unspecified atom stereocenters. The predicted octanol–water partition coefficient (Wildman–Crippen LogP) is 3.29. The van der Waals surface area contributed by atoms with E-state index in [1.807, 2.05) is 12.1 Å². The Bertz CT molecular complexity index is 429. The molecule has 2 nitrogen and oxygen atoms in total. The summed E-state index contributed by atoms with van der Waals surface area (Å²) in [5, 5.41) is 0.875. The molecule has 0 aromatic heterocycles. The minimum atomic E-state index is 0.333. The molecule has 19 heavy (non-hydrogen) atoms. The molecule has 3 heteroatoms. The van der Waals surface area contributed by atoms with E-state index in [-0.39, 0.29) is 0 Å². The second kappa shape index (κ2) is 5.82. The van der Waals surface area contributed by atoms with Crippen molar-refractivity contribution in [3.05, 3.63) is 34.9 Å². The van der Waals surface area contributed by atoms with Crippen LogP contribution in [-0.4, -0.2) is 24.0 Å². The Morgan fingerprint density at radius 3 is 2.68 bits per heavy atom. The molecule has 1 saturated carbocycles. The number of hydrogen-bond acceptors (Lipinski definition) is 2. The second-order valence-electron chi connectivity index (χ2n) is 6.33. The average molecular weight is 279 g/mol. The zero-order valence-corrected chi connectivity index (χ0v) is 12.1. The molecule has 1 aromatic rings. The van der Waals surface area contributed by atoms with Gasteiger partial charge in [0.05, 0.1) is 0 Å². The van der Waals surface area contributed by atoms with Gasteiger partial charge in [0.1, 0.15) is 0 Å². The van der Waals surface area contributed by atoms with Crippen LogP contribution in [-0.2, 0) is 6.54 Å². The summed E-state index contributed by atoms with van der Waals surface area (Å²) in [7, 11) is 0. The molecular formula is C16H23ClN2. The van der Waals surface area contributed by atoms with E-state index >= 15 is 0 Å². The molecule has 0 radical (unpaired) electrons. The maximum Gasteiger partial charge on any atom is 0.0451 e. The molecule has 3 rings (SSSR count). The van der Waals surface area contributed by atoms with Crippen molar-refractivity contribution in [1.29, 1.82) is 0 Å². The maximum atomic E-state index is 6.25. The Morgan fingerprint density at radius 2 is 1.95 bits per heavy atom. The van der Waals surface area contributed by atoms with Gasteiger partial charge in [-0.25, -0.2) is 0 Å². The Hall–Kier alpha value is -0.570. The molecule has 0 bridgehead atoms. The van der Waals surface area contributed by atoms with Crippen molar-refractivity contribution >= 4 is 11.6 Å². The lowest BCUT2D eigenvalue weighted by atomic mass is 9.90. The molecule has 2 fully saturated rings. The number of piperidine rings is 1. The van der Waals surface area contributed by atoms with Gasteiger partial charge in [-0.3, -0.25) is 4.90 Å². The average Bonchev–Trinajstić information content (AvgIpc) is 3.15. The molecule has 2 aliphatic rings. The molecule has 2 N–H and O–H groups in total. The van der Waals surface area contributed by atoms with E-state index in [0.717, 1.165) is 29.9 Å². The Kier molecular flexibility index (Phi) is 4.11. The van der Waals surface area contributed by atoms with Crippen molar-refractivity contribution in [3.8, 4) is 0 Å². The third-order valence-electron chi connectivity index (χ3n) is 4.36. The highest BCUT2D eigenvalue weighted by Gasteiger charge is 2.31. The lowest BCUT2D eigenvalue weighted by Crippen LogP contribution is -2.46. The second-order valence-corrected chi connectivity index (χ2v) is 6.73.